The molecule has 1 rings (SSSR count). The Labute approximate surface area is 103 Å². The molecule has 0 unspecified atom stereocenters. The van der Waals surface area contributed by atoms with Gasteiger partial charge in [0.2, 0.25) is 0 Å². The number of pyridine rings is 1. The van der Waals surface area contributed by atoms with E-state index in [1.54, 1.807) is 25.3 Å². The van der Waals surface area contributed by atoms with Gasteiger partial charge in [0.25, 0.3) is 0 Å². The first-order valence-corrected chi connectivity index (χ1v) is 9.09. The monoisotopic (exact) mass is 247 g/mol. The zero-order chi connectivity index (χ0) is 12.9. The van der Waals surface area contributed by atoms with Crippen molar-refractivity contribution in [3.8, 4) is 11.5 Å². The third-order valence-electron chi connectivity index (χ3n) is 1.83. The van der Waals surface area contributed by atoms with Crippen molar-refractivity contribution in [2.24, 2.45) is 0 Å². The van der Waals surface area contributed by atoms with Gasteiger partial charge in [-0.05, 0) is 19.1 Å². The minimum absolute atomic E-state index is 0.324. The summed E-state index contributed by atoms with van der Waals surface area (Å²) in [5.41, 5.74) is 4.40. The van der Waals surface area contributed by atoms with E-state index in [9.17, 15) is 4.79 Å². The summed E-state index contributed by atoms with van der Waals surface area (Å²) in [6.45, 7) is 8.67. The molecular formula is C13H17NO2Si. The molecular weight excluding hydrogens is 230 g/mol. The lowest BCUT2D eigenvalue weighted by molar-refractivity contribution is 0.0519. The molecule has 0 aromatic carbocycles. The van der Waals surface area contributed by atoms with E-state index in [2.05, 4.69) is 36.1 Å². The normalized spacial score (nSPS) is 10.4. The van der Waals surface area contributed by atoms with Crippen molar-refractivity contribution in [3.05, 3.63) is 29.6 Å². The minimum atomic E-state index is -1.37. The van der Waals surface area contributed by atoms with E-state index in [1.807, 2.05) is 0 Å². The van der Waals surface area contributed by atoms with Crippen LogP contribution in [-0.2, 0) is 4.74 Å². The third kappa shape index (κ3) is 4.83. The molecule has 0 radical (unpaired) electrons. The van der Waals surface area contributed by atoms with E-state index in [4.69, 9.17) is 4.74 Å². The summed E-state index contributed by atoms with van der Waals surface area (Å²) in [4.78, 5) is 15.4. The zero-order valence-electron chi connectivity index (χ0n) is 10.7. The predicted octanol–water partition coefficient (Wildman–Crippen LogP) is 2.49. The first kappa shape index (κ1) is 13.5. The Morgan fingerprint density at radius 3 is 2.59 bits per heavy atom. The molecule has 0 amide bonds. The quantitative estimate of drug-likeness (QED) is 0.458. The fourth-order valence-electron chi connectivity index (χ4n) is 1.05. The lowest BCUT2D eigenvalue weighted by Crippen LogP contribution is -2.16. The van der Waals surface area contributed by atoms with Crippen LogP contribution in [0.5, 0.6) is 0 Å². The summed E-state index contributed by atoms with van der Waals surface area (Å²) in [5.74, 6) is 2.69. The molecule has 4 heteroatoms. The summed E-state index contributed by atoms with van der Waals surface area (Å²) < 4.78 is 4.85. The van der Waals surface area contributed by atoms with Crippen LogP contribution in [0, 0.1) is 11.5 Å². The molecule has 90 valence electrons. The number of nitrogens with zero attached hydrogens (tertiary/aromatic N) is 1. The fourth-order valence-corrected chi connectivity index (χ4v) is 1.57. The van der Waals surface area contributed by atoms with Crippen molar-refractivity contribution in [3.63, 3.8) is 0 Å². The largest absolute Gasteiger partial charge is 0.461 e. The van der Waals surface area contributed by atoms with Gasteiger partial charge in [-0.2, -0.15) is 0 Å². The lowest BCUT2D eigenvalue weighted by Gasteiger charge is -2.03. The number of carbonyl (C=O) groups is 1. The smallest absolute Gasteiger partial charge is 0.356 e. The van der Waals surface area contributed by atoms with Crippen molar-refractivity contribution in [1.82, 2.24) is 4.98 Å². The molecule has 1 heterocycles. The first-order chi connectivity index (χ1) is 7.92. The second kappa shape index (κ2) is 5.64. The van der Waals surface area contributed by atoms with Gasteiger partial charge < -0.3 is 4.74 Å². The maximum atomic E-state index is 11.4. The van der Waals surface area contributed by atoms with Crippen LogP contribution in [0.1, 0.15) is 23.0 Å². The Kier molecular flexibility index (Phi) is 4.47. The molecule has 1 aromatic rings. The van der Waals surface area contributed by atoms with Crippen LogP contribution in [-0.4, -0.2) is 25.6 Å². The van der Waals surface area contributed by atoms with Crippen LogP contribution in [0.15, 0.2) is 18.3 Å². The molecule has 0 fully saturated rings. The number of aromatic nitrogens is 1. The van der Waals surface area contributed by atoms with Crippen molar-refractivity contribution in [2.45, 2.75) is 26.6 Å². The number of hydrogen-bond acceptors (Lipinski definition) is 3. The van der Waals surface area contributed by atoms with E-state index in [0.29, 0.717) is 12.3 Å². The van der Waals surface area contributed by atoms with Gasteiger partial charge in [-0.3, -0.25) is 0 Å². The SMILES string of the molecule is CCOC(=O)c1ccc(C#C[Si](C)(C)C)cn1. The Bertz CT molecular complexity index is 449. The van der Waals surface area contributed by atoms with Crippen molar-refractivity contribution >= 4 is 14.0 Å². The molecule has 0 bridgehead atoms. The maximum absolute atomic E-state index is 11.4. The van der Waals surface area contributed by atoms with Crippen LogP contribution in [0.2, 0.25) is 19.6 Å². The van der Waals surface area contributed by atoms with Crippen LogP contribution >= 0.6 is 0 Å². The lowest BCUT2D eigenvalue weighted by atomic mass is 10.2. The second-order valence-electron chi connectivity index (χ2n) is 4.65. The second-order valence-corrected chi connectivity index (χ2v) is 9.40. The summed E-state index contributed by atoms with van der Waals surface area (Å²) in [5, 5.41) is 0. The van der Waals surface area contributed by atoms with Crippen molar-refractivity contribution < 1.29 is 9.53 Å². The average molecular weight is 247 g/mol. The van der Waals surface area contributed by atoms with Crippen LogP contribution in [0.25, 0.3) is 0 Å². The van der Waals surface area contributed by atoms with Gasteiger partial charge in [-0.25, -0.2) is 9.78 Å². The molecule has 0 aliphatic heterocycles. The predicted molar refractivity (Wildman–Crippen MR) is 70.4 cm³/mol. The highest BCUT2D eigenvalue weighted by Crippen LogP contribution is 2.02. The molecule has 1 aromatic heterocycles. The minimum Gasteiger partial charge on any atom is -0.461 e. The topological polar surface area (TPSA) is 39.2 Å². The molecule has 0 aliphatic carbocycles. The zero-order valence-corrected chi connectivity index (χ0v) is 11.7. The van der Waals surface area contributed by atoms with Gasteiger partial charge in [0.15, 0.2) is 0 Å². The molecule has 0 saturated heterocycles. The Morgan fingerprint density at radius 2 is 2.12 bits per heavy atom. The molecule has 3 nitrogen and oxygen atoms in total. The van der Waals surface area contributed by atoms with Gasteiger partial charge >= 0.3 is 5.97 Å². The Balaban J connectivity index is 2.81. The summed E-state index contributed by atoms with van der Waals surface area (Å²) in [6, 6.07) is 3.44. The van der Waals surface area contributed by atoms with Gasteiger partial charge in [0.1, 0.15) is 13.8 Å². The summed E-state index contributed by atoms with van der Waals surface area (Å²) >= 11 is 0. The first-order valence-electron chi connectivity index (χ1n) is 5.59. The van der Waals surface area contributed by atoms with Crippen LogP contribution in [0.3, 0.4) is 0 Å². The van der Waals surface area contributed by atoms with Gasteiger partial charge in [-0.1, -0.05) is 25.6 Å². The highest BCUT2D eigenvalue weighted by molar-refractivity contribution is 6.83. The van der Waals surface area contributed by atoms with Gasteiger partial charge in [0, 0.05) is 11.8 Å². The van der Waals surface area contributed by atoms with E-state index in [-0.39, 0.29) is 0 Å². The molecule has 0 aliphatic rings. The summed E-state index contributed by atoms with van der Waals surface area (Å²) in [7, 11) is -1.37. The summed E-state index contributed by atoms with van der Waals surface area (Å²) in [6.07, 6.45) is 1.61. The van der Waals surface area contributed by atoms with E-state index in [0.717, 1.165) is 5.56 Å². The highest BCUT2D eigenvalue weighted by atomic mass is 28.3. The standard InChI is InChI=1S/C13H17NO2Si/c1-5-16-13(15)12-7-6-11(10-14-12)8-9-17(2,3)4/h6-7,10H,5H2,1-4H3. The number of esters is 1. The average Bonchev–Trinajstić information content (AvgIpc) is 2.26. The number of ether oxygens (including phenoxy) is 1. The molecule has 0 spiro atoms. The molecule has 17 heavy (non-hydrogen) atoms. The molecule has 0 atom stereocenters. The number of hydrogen-bond donors (Lipinski definition) is 0. The number of carbonyl (C=O) groups excluding carboxylic acids is 1. The molecule has 0 N–H and O–H groups in total. The van der Waals surface area contributed by atoms with Crippen molar-refractivity contribution in [2.75, 3.05) is 6.61 Å². The van der Waals surface area contributed by atoms with Gasteiger partial charge in [0.05, 0.1) is 6.61 Å². The number of rotatable bonds is 2. The fraction of sp³-hybridized carbons (Fsp3) is 0.385. The van der Waals surface area contributed by atoms with E-state index >= 15 is 0 Å². The van der Waals surface area contributed by atoms with Crippen molar-refractivity contribution in [1.29, 1.82) is 0 Å². The Hall–Kier alpha value is -1.60. The molecule has 0 saturated carbocycles. The maximum Gasteiger partial charge on any atom is 0.356 e. The van der Waals surface area contributed by atoms with E-state index in [1.165, 1.54) is 0 Å². The van der Waals surface area contributed by atoms with Crippen LogP contribution in [0.4, 0.5) is 0 Å². The van der Waals surface area contributed by atoms with Gasteiger partial charge in [-0.15, -0.1) is 5.54 Å². The Morgan fingerprint density at radius 1 is 1.41 bits per heavy atom. The van der Waals surface area contributed by atoms with E-state index < -0.39 is 14.0 Å². The highest BCUT2D eigenvalue weighted by Gasteiger charge is 2.08. The van der Waals surface area contributed by atoms with Crippen LogP contribution < -0.4 is 0 Å². The third-order valence-corrected chi connectivity index (χ3v) is 2.70.